The largest absolute Gasteiger partial charge is 0.476 e. The van der Waals surface area contributed by atoms with Gasteiger partial charge in [-0.1, -0.05) is 11.6 Å². The van der Waals surface area contributed by atoms with Crippen molar-refractivity contribution in [3.8, 4) is 0 Å². The SMILES string of the molecule is O=C(O)c1nc(CCO)n2ccc(Cl)cc12. The molecular formula is C10H9ClN2O3. The minimum Gasteiger partial charge on any atom is -0.476 e. The molecule has 2 N–H and O–H groups in total. The molecule has 0 fully saturated rings. The number of hydrogen-bond donors (Lipinski definition) is 2. The van der Waals surface area contributed by atoms with Crippen LogP contribution in [0.1, 0.15) is 16.3 Å². The van der Waals surface area contributed by atoms with Crippen LogP contribution in [-0.4, -0.2) is 32.2 Å². The first-order valence-corrected chi connectivity index (χ1v) is 5.02. The number of carboxylic acid groups (broad SMARTS) is 1. The number of rotatable bonds is 3. The molecule has 2 heterocycles. The third-order valence-electron chi connectivity index (χ3n) is 2.22. The molecule has 0 amide bonds. The number of aliphatic hydroxyl groups is 1. The summed E-state index contributed by atoms with van der Waals surface area (Å²) in [5.41, 5.74) is 0.384. The monoisotopic (exact) mass is 240 g/mol. The Kier molecular flexibility index (Phi) is 2.80. The van der Waals surface area contributed by atoms with Crippen LogP contribution < -0.4 is 0 Å². The van der Waals surface area contributed by atoms with Gasteiger partial charge in [0.15, 0.2) is 5.69 Å². The van der Waals surface area contributed by atoms with Crippen LogP contribution >= 0.6 is 11.6 Å². The van der Waals surface area contributed by atoms with Gasteiger partial charge in [0.05, 0.1) is 12.1 Å². The van der Waals surface area contributed by atoms with E-state index in [9.17, 15) is 4.79 Å². The quantitative estimate of drug-likeness (QED) is 0.846. The van der Waals surface area contributed by atoms with Gasteiger partial charge in [-0.2, -0.15) is 0 Å². The smallest absolute Gasteiger partial charge is 0.356 e. The number of nitrogens with zero attached hydrogens (tertiary/aromatic N) is 2. The third-order valence-corrected chi connectivity index (χ3v) is 2.45. The summed E-state index contributed by atoms with van der Waals surface area (Å²) < 4.78 is 1.62. The molecule has 2 rings (SSSR count). The highest BCUT2D eigenvalue weighted by Crippen LogP contribution is 2.18. The molecule has 0 radical (unpaired) electrons. The van der Waals surface area contributed by atoms with E-state index >= 15 is 0 Å². The van der Waals surface area contributed by atoms with Gasteiger partial charge in [-0.3, -0.25) is 0 Å². The van der Waals surface area contributed by atoms with Crippen LogP contribution in [0.25, 0.3) is 5.52 Å². The number of pyridine rings is 1. The number of halogens is 1. The molecule has 84 valence electrons. The molecule has 0 aliphatic carbocycles. The van der Waals surface area contributed by atoms with E-state index in [1.807, 2.05) is 0 Å². The van der Waals surface area contributed by atoms with Crippen LogP contribution in [0.2, 0.25) is 5.02 Å². The molecule has 0 saturated carbocycles. The van der Waals surface area contributed by atoms with Gasteiger partial charge in [-0.05, 0) is 12.1 Å². The Morgan fingerprint density at radius 1 is 1.56 bits per heavy atom. The molecule has 2 aromatic rings. The maximum absolute atomic E-state index is 11.0. The molecule has 0 bridgehead atoms. The molecule has 0 unspecified atom stereocenters. The van der Waals surface area contributed by atoms with Gasteiger partial charge in [0.1, 0.15) is 5.82 Å². The number of aromatic carboxylic acids is 1. The summed E-state index contributed by atoms with van der Waals surface area (Å²) >= 11 is 5.80. The van der Waals surface area contributed by atoms with Crippen molar-refractivity contribution in [3.05, 3.63) is 34.9 Å². The predicted octanol–water partition coefficient (Wildman–Crippen LogP) is 1.22. The van der Waals surface area contributed by atoms with Crippen molar-refractivity contribution in [1.29, 1.82) is 0 Å². The lowest BCUT2D eigenvalue weighted by Crippen LogP contribution is -1.98. The fourth-order valence-electron chi connectivity index (χ4n) is 1.56. The number of aliphatic hydroxyl groups excluding tert-OH is 1. The van der Waals surface area contributed by atoms with Crippen LogP contribution in [-0.2, 0) is 6.42 Å². The highest BCUT2D eigenvalue weighted by molar-refractivity contribution is 6.31. The van der Waals surface area contributed by atoms with Crippen molar-refractivity contribution >= 4 is 23.1 Å². The molecule has 2 aromatic heterocycles. The Hall–Kier alpha value is -1.59. The number of fused-ring (bicyclic) bond motifs is 1. The van der Waals surface area contributed by atoms with E-state index < -0.39 is 5.97 Å². The Labute approximate surface area is 95.9 Å². The average Bonchev–Trinajstić information content (AvgIpc) is 2.57. The van der Waals surface area contributed by atoms with E-state index in [0.29, 0.717) is 22.8 Å². The summed E-state index contributed by atoms with van der Waals surface area (Å²) in [6.45, 7) is -0.0825. The van der Waals surface area contributed by atoms with Crippen LogP contribution in [0.15, 0.2) is 18.3 Å². The summed E-state index contributed by atoms with van der Waals surface area (Å²) in [5, 5.41) is 18.3. The number of carbonyl (C=O) groups is 1. The minimum atomic E-state index is -1.11. The molecule has 0 atom stereocenters. The molecular weight excluding hydrogens is 232 g/mol. The van der Waals surface area contributed by atoms with Gasteiger partial charge in [0, 0.05) is 17.6 Å². The Bertz CT molecular complexity index is 550. The standard InChI is InChI=1S/C10H9ClN2O3/c11-6-1-3-13-7(5-6)9(10(15)16)12-8(13)2-4-14/h1,3,5,14H,2,4H2,(H,15,16). The molecule has 0 aliphatic rings. The van der Waals surface area contributed by atoms with Crippen molar-refractivity contribution in [3.63, 3.8) is 0 Å². The summed E-state index contributed by atoms with van der Waals surface area (Å²) in [5.74, 6) is -0.601. The van der Waals surface area contributed by atoms with Crippen LogP contribution in [0.4, 0.5) is 0 Å². The fraction of sp³-hybridized carbons (Fsp3) is 0.200. The summed E-state index contributed by atoms with van der Waals surface area (Å²) in [7, 11) is 0. The first kappa shape index (κ1) is 10.9. The maximum atomic E-state index is 11.0. The predicted molar refractivity (Wildman–Crippen MR) is 58.0 cm³/mol. The summed E-state index contributed by atoms with van der Waals surface area (Å²) in [4.78, 5) is 14.9. The second-order valence-corrected chi connectivity index (χ2v) is 3.69. The van der Waals surface area contributed by atoms with Gasteiger partial charge in [-0.25, -0.2) is 9.78 Å². The highest BCUT2D eigenvalue weighted by Gasteiger charge is 2.16. The first-order valence-electron chi connectivity index (χ1n) is 4.64. The zero-order chi connectivity index (χ0) is 11.7. The average molecular weight is 241 g/mol. The van der Waals surface area contributed by atoms with Gasteiger partial charge in [0.2, 0.25) is 0 Å². The number of carboxylic acids is 1. The van der Waals surface area contributed by atoms with Gasteiger partial charge in [0.25, 0.3) is 0 Å². The lowest BCUT2D eigenvalue weighted by molar-refractivity contribution is 0.0693. The molecule has 6 heteroatoms. The van der Waals surface area contributed by atoms with Crippen molar-refractivity contribution in [2.75, 3.05) is 6.61 Å². The van der Waals surface area contributed by atoms with Crippen molar-refractivity contribution in [1.82, 2.24) is 9.38 Å². The minimum absolute atomic E-state index is 0.0500. The van der Waals surface area contributed by atoms with Crippen molar-refractivity contribution in [2.24, 2.45) is 0 Å². The Morgan fingerprint density at radius 2 is 2.31 bits per heavy atom. The number of imidazole rings is 1. The second kappa shape index (κ2) is 4.11. The summed E-state index contributed by atoms with van der Waals surface area (Å²) in [6, 6.07) is 3.18. The molecule has 16 heavy (non-hydrogen) atoms. The molecule has 0 spiro atoms. The lowest BCUT2D eigenvalue weighted by atomic mass is 10.3. The van der Waals surface area contributed by atoms with Crippen LogP contribution in [0.3, 0.4) is 0 Å². The van der Waals surface area contributed by atoms with E-state index in [4.69, 9.17) is 21.8 Å². The third kappa shape index (κ3) is 1.75. The van der Waals surface area contributed by atoms with E-state index in [2.05, 4.69) is 4.98 Å². The maximum Gasteiger partial charge on any atom is 0.356 e. The van der Waals surface area contributed by atoms with E-state index in [0.717, 1.165) is 0 Å². The molecule has 0 aliphatic heterocycles. The molecule has 5 nitrogen and oxygen atoms in total. The second-order valence-electron chi connectivity index (χ2n) is 3.26. The van der Waals surface area contributed by atoms with Gasteiger partial charge < -0.3 is 14.6 Å². The van der Waals surface area contributed by atoms with Crippen molar-refractivity contribution < 1.29 is 15.0 Å². The van der Waals surface area contributed by atoms with E-state index in [1.165, 1.54) is 0 Å². The first-order chi connectivity index (χ1) is 7.63. The fourth-order valence-corrected chi connectivity index (χ4v) is 1.72. The number of aromatic nitrogens is 2. The summed E-state index contributed by atoms with van der Waals surface area (Å²) in [6.07, 6.45) is 1.94. The van der Waals surface area contributed by atoms with E-state index in [1.54, 1.807) is 22.7 Å². The zero-order valence-corrected chi connectivity index (χ0v) is 8.98. The van der Waals surface area contributed by atoms with Crippen LogP contribution in [0, 0.1) is 0 Å². The van der Waals surface area contributed by atoms with Crippen molar-refractivity contribution in [2.45, 2.75) is 6.42 Å². The molecule has 0 aromatic carbocycles. The normalized spacial score (nSPS) is 10.9. The zero-order valence-electron chi connectivity index (χ0n) is 8.22. The number of hydrogen-bond acceptors (Lipinski definition) is 3. The van der Waals surface area contributed by atoms with Crippen LogP contribution in [0.5, 0.6) is 0 Å². The van der Waals surface area contributed by atoms with Gasteiger partial charge in [-0.15, -0.1) is 0 Å². The lowest BCUT2D eigenvalue weighted by Gasteiger charge is -1.98. The van der Waals surface area contributed by atoms with E-state index in [-0.39, 0.29) is 12.3 Å². The Morgan fingerprint density at radius 3 is 2.94 bits per heavy atom. The molecule has 0 saturated heterocycles. The van der Waals surface area contributed by atoms with Gasteiger partial charge >= 0.3 is 5.97 Å². The Balaban J connectivity index is 2.71. The topological polar surface area (TPSA) is 74.8 Å². The highest BCUT2D eigenvalue weighted by atomic mass is 35.5.